The molecule has 0 bridgehead atoms. The molecule has 0 N–H and O–H groups in total. The fourth-order valence-electron chi connectivity index (χ4n) is 4.36. The van der Waals surface area contributed by atoms with Crippen molar-refractivity contribution in [3.05, 3.63) is 35.4 Å². The van der Waals surface area contributed by atoms with Crippen molar-refractivity contribution in [2.45, 2.75) is 59.9 Å². The first kappa shape index (κ1) is 18.9. The minimum atomic E-state index is -0.352. The summed E-state index contributed by atoms with van der Waals surface area (Å²) in [5.41, 5.74) is 2.05. The molecule has 2 fully saturated rings. The van der Waals surface area contributed by atoms with Crippen LogP contribution in [0.1, 0.15) is 57.6 Å². The predicted octanol–water partition coefficient (Wildman–Crippen LogP) is 3.77. The molecule has 3 rings (SSSR count). The number of benzene rings is 1. The molecule has 2 heterocycles. The lowest BCUT2D eigenvalue weighted by atomic mass is 9.78. The van der Waals surface area contributed by atoms with Crippen LogP contribution in [0, 0.1) is 17.8 Å². The SMILES string of the molecule is Cc1cccc(CN2CCC[C@@]3(CCN(C(=O)CC(C)(C)C)C3)C2=O)c1. The van der Waals surface area contributed by atoms with Gasteiger partial charge in [-0.15, -0.1) is 0 Å². The summed E-state index contributed by atoms with van der Waals surface area (Å²) in [6, 6.07) is 8.38. The number of aryl methyl sites for hydroxylation is 1. The zero-order valence-electron chi connectivity index (χ0n) is 16.7. The number of rotatable bonds is 3. The fraction of sp³-hybridized carbons (Fsp3) is 0.636. The molecule has 1 aromatic carbocycles. The Bertz CT molecular complexity index is 692. The summed E-state index contributed by atoms with van der Waals surface area (Å²) in [4.78, 5) is 29.8. The van der Waals surface area contributed by atoms with Crippen molar-refractivity contribution in [1.29, 1.82) is 0 Å². The van der Waals surface area contributed by atoms with Gasteiger partial charge in [-0.3, -0.25) is 9.59 Å². The van der Waals surface area contributed by atoms with E-state index in [1.165, 1.54) is 11.1 Å². The molecule has 4 heteroatoms. The van der Waals surface area contributed by atoms with Crippen LogP contribution in [0.2, 0.25) is 0 Å². The lowest BCUT2D eigenvalue weighted by Gasteiger charge is -2.39. The summed E-state index contributed by atoms with van der Waals surface area (Å²) in [6.07, 6.45) is 3.30. The first-order chi connectivity index (χ1) is 12.2. The predicted molar refractivity (Wildman–Crippen MR) is 104 cm³/mol. The molecule has 0 aliphatic carbocycles. The maximum atomic E-state index is 13.3. The lowest BCUT2D eigenvalue weighted by Crippen LogP contribution is -2.50. The molecule has 0 radical (unpaired) electrons. The molecule has 0 unspecified atom stereocenters. The van der Waals surface area contributed by atoms with Gasteiger partial charge in [-0.1, -0.05) is 50.6 Å². The highest BCUT2D eigenvalue weighted by molar-refractivity contribution is 5.86. The molecule has 1 spiro atoms. The number of carbonyl (C=O) groups excluding carboxylic acids is 2. The Hall–Kier alpha value is -1.84. The van der Waals surface area contributed by atoms with E-state index in [9.17, 15) is 9.59 Å². The van der Waals surface area contributed by atoms with Gasteiger partial charge in [0, 0.05) is 32.6 Å². The van der Waals surface area contributed by atoms with Crippen LogP contribution in [0.3, 0.4) is 0 Å². The van der Waals surface area contributed by atoms with E-state index in [4.69, 9.17) is 0 Å². The second kappa shape index (κ2) is 7.05. The molecule has 1 aromatic rings. The summed E-state index contributed by atoms with van der Waals surface area (Å²) < 4.78 is 0. The van der Waals surface area contributed by atoms with Crippen molar-refractivity contribution in [2.75, 3.05) is 19.6 Å². The molecule has 0 saturated carbocycles. The van der Waals surface area contributed by atoms with Gasteiger partial charge in [-0.25, -0.2) is 0 Å². The van der Waals surface area contributed by atoms with E-state index in [0.717, 1.165) is 32.4 Å². The van der Waals surface area contributed by atoms with E-state index in [-0.39, 0.29) is 22.6 Å². The number of likely N-dealkylation sites (tertiary alicyclic amines) is 2. The van der Waals surface area contributed by atoms with Gasteiger partial charge in [0.25, 0.3) is 0 Å². The number of amides is 2. The minimum absolute atomic E-state index is 0.0133. The van der Waals surface area contributed by atoms with E-state index >= 15 is 0 Å². The Morgan fingerprint density at radius 3 is 2.65 bits per heavy atom. The van der Waals surface area contributed by atoms with Crippen molar-refractivity contribution in [3.63, 3.8) is 0 Å². The van der Waals surface area contributed by atoms with Crippen molar-refractivity contribution < 1.29 is 9.59 Å². The van der Waals surface area contributed by atoms with Gasteiger partial charge < -0.3 is 9.80 Å². The molecule has 2 aliphatic rings. The zero-order chi connectivity index (χ0) is 18.9. The topological polar surface area (TPSA) is 40.6 Å². The van der Waals surface area contributed by atoms with Crippen LogP contribution in [0.15, 0.2) is 24.3 Å². The van der Waals surface area contributed by atoms with Gasteiger partial charge >= 0.3 is 0 Å². The van der Waals surface area contributed by atoms with Crippen LogP contribution in [0.25, 0.3) is 0 Å². The summed E-state index contributed by atoms with van der Waals surface area (Å²) >= 11 is 0. The molecule has 1 atom stereocenters. The van der Waals surface area contributed by atoms with Crippen LogP contribution in [-0.4, -0.2) is 41.2 Å². The maximum Gasteiger partial charge on any atom is 0.230 e. The maximum absolute atomic E-state index is 13.3. The normalized spacial score (nSPS) is 23.8. The van der Waals surface area contributed by atoms with E-state index in [2.05, 4.69) is 52.0 Å². The molecule has 4 nitrogen and oxygen atoms in total. The van der Waals surface area contributed by atoms with Gasteiger partial charge in [0.1, 0.15) is 0 Å². The number of hydrogen-bond acceptors (Lipinski definition) is 2. The summed E-state index contributed by atoms with van der Waals surface area (Å²) in [5, 5.41) is 0. The highest BCUT2D eigenvalue weighted by Crippen LogP contribution is 2.41. The number of hydrogen-bond donors (Lipinski definition) is 0. The van der Waals surface area contributed by atoms with Crippen LogP contribution < -0.4 is 0 Å². The van der Waals surface area contributed by atoms with E-state index in [0.29, 0.717) is 19.5 Å². The lowest BCUT2D eigenvalue weighted by molar-refractivity contribution is -0.147. The second-order valence-electron chi connectivity index (χ2n) is 9.40. The Labute approximate surface area is 157 Å². The van der Waals surface area contributed by atoms with Gasteiger partial charge in [0.15, 0.2) is 0 Å². The summed E-state index contributed by atoms with van der Waals surface area (Å²) in [6.45, 7) is 11.2. The summed E-state index contributed by atoms with van der Waals surface area (Å²) in [7, 11) is 0. The quantitative estimate of drug-likeness (QED) is 0.827. The smallest absolute Gasteiger partial charge is 0.230 e. The number of piperidine rings is 1. The van der Waals surface area contributed by atoms with E-state index < -0.39 is 0 Å². The van der Waals surface area contributed by atoms with Crippen molar-refractivity contribution in [1.82, 2.24) is 9.80 Å². The highest BCUT2D eigenvalue weighted by atomic mass is 16.2. The molecular formula is C22H32N2O2. The molecule has 142 valence electrons. The Kier molecular flexibility index (Phi) is 5.14. The third-order valence-corrected chi connectivity index (χ3v) is 5.67. The van der Waals surface area contributed by atoms with Crippen LogP contribution in [0.4, 0.5) is 0 Å². The Morgan fingerprint density at radius 1 is 1.19 bits per heavy atom. The first-order valence-corrected chi connectivity index (χ1v) is 9.81. The average Bonchev–Trinajstić information content (AvgIpc) is 2.96. The van der Waals surface area contributed by atoms with Crippen LogP contribution >= 0.6 is 0 Å². The average molecular weight is 357 g/mol. The number of carbonyl (C=O) groups is 2. The summed E-state index contributed by atoms with van der Waals surface area (Å²) in [5.74, 6) is 0.439. The van der Waals surface area contributed by atoms with Crippen molar-refractivity contribution >= 4 is 11.8 Å². The van der Waals surface area contributed by atoms with E-state index in [1.54, 1.807) is 0 Å². The van der Waals surface area contributed by atoms with Crippen molar-refractivity contribution in [2.24, 2.45) is 10.8 Å². The Balaban J connectivity index is 1.68. The standard InChI is InChI=1S/C22H32N2O2/c1-17-7-5-8-18(13-17)15-23-11-6-9-22(20(23)26)10-12-24(16-22)19(25)14-21(2,3)4/h5,7-8,13H,6,9-12,14-16H2,1-4H3/t22-/m0/s1. The fourth-order valence-corrected chi connectivity index (χ4v) is 4.36. The highest BCUT2D eigenvalue weighted by Gasteiger charge is 2.49. The molecular weight excluding hydrogens is 324 g/mol. The van der Waals surface area contributed by atoms with Gasteiger partial charge in [-0.2, -0.15) is 0 Å². The monoisotopic (exact) mass is 356 g/mol. The molecule has 2 saturated heterocycles. The molecule has 26 heavy (non-hydrogen) atoms. The molecule has 2 amide bonds. The third kappa shape index (κ3) is 4.11. The van der Waals surface area contributed by atoms with Gasteiger partial charge in [0.2, 0.25) is 11.8 Å². The molecule has 0 aromatic heterocycles. The third-order valence-electron chi connectivity index (χ3n) is 5.67. The zero-order valence-corrected chi connectivity index (χ0v) is 16.7. The second-order valence-corrected chi connectivity index (χ2v) is 9.40. The van der Waals surface area contributed by atoms with Gasteiger partial charge in [0.05, 0.1) is 5.41 Å². The molecule has 2 aliphatic heterocycles. The Morgan fingerprint density at radius 2 is 1.96 bits per heavy atom. The first-order valence-electron chi connectivity index (χ1n) is 9.81. The van der Waals surface area contributed by atoms with Crippen LogP contribution in [0.5, 0.6) is 0 Å². The van der Waals surface area contributed by atoms with E-state index in [1.807, 2.05) is 9.80 Å². The van der Waals surface area contributed by atoms with Crippen LogP contribution in [-0.2, 0) is 16.1 Å². The number of nitrogens with zero attached hydrogens (tertiary/aromatic N) is 2. The minimum Gasteiger partial charge on any atom is -0.342 e. The van der Waals surface area contributed by atoms with Crippen molar-refractivity contribution in [3.8, 4) is 0 Å². The van der Waals surface area contributed by atoms with Gasteiger partial charge in [-0.05, 0) is 37.2 Å². The largest absolute Gasteiger partial charge is 0.342 e.